The van der Waals surface area contributed by atoms with Crippen LogP contribution in [-0.4, -0.2) is 14.4 Å². The molecule has 1 rings (SSSR count). The molecule has 0 saturated carbocycles. The third kappa shape index (κ3) is 4.62. The van der Waals surface area contributed by atoms with Crippen LogP contribution in [0.3, 0.4) is 0 Å². The minimum Gasteiger partial charge on any atom is -1.00 e. The maximum atomic E-state index is 11.3. The molecule has 0 bridgehead atoms. The smallest absolute Gasteiger partial charge is 1.00 e. The van der Waals surface area contributed by atoms with E-state index >= 15 is 0 Å². The first-order chi connectivity index (χ1) is 6.42. The summed E-state index contributed by atoms with van der Waals surface area (Å²) in [6, 6.07) is 5.37. The molecule has 0 aromatic heterocycles. The second kappa shape index (κ2) is 5.97. The van der Waals surface area contributed by atoms with Gasteiger partial charge in [0.1, 0.15) is 4.90 Å². The van der Waals surface area contributed by atoms with Crippen molar-refractivity contribution in [1.82, 2.24) is 0 Å². The average molecular weight is 255 g/mol. The molecule has 78 valence electrons. The standard InChI is InChI=1S/C8H9NO4S.K.H/c1-6(10)13-14(11,12)8-4-2-7(9)3-5-8;;/h2-5H,9H2,1H3;;/q;+1;-1. The van der Waals surface area contributed by atoms with E-state index in [2.05, 4.69) is 4.18 Å². The first kappa shape index (κ1) is 15.1. The van der Waals surface area contributed by atoms with Crippen LogP contribution in [0.1, 0.15) is 8.35 Å². The van der Waals surface area contributed by atoms with Crippen LogP contribution in [0.25, 0.3) is 0 Å². The Morgan fingerprint density at radius 3 is 2.20 bits per heavy atom. The fourth-order valence-corrected chi connectivity index (χ4v) is 1.71. The predicted molar refractivity (Wildman–Crippen MR) is 50.9 cm³/mol. The molecule has 1 aromatic rings. The average Bonchev–Trinajstić information content (AvgIpc) is 2.02. The Labute approximate surface area is 132 Å². The van der Waals surface area contributed by atoms with Gasteiger partial charge in [-0.15, -0.1) is 0 Å². The van der Waals surface area contributed by atoms with E-state index in [1.807, 2.05) is 0 Å². The Balaban J connectivity index is 0. The van der Waals surface area contributed by atoms with Crippen LogP contribution < -0.4 is 57.1 Å². The van der Waals surface area contributed by atoms with Crippen molar-refractivity contribution in [1.29, 1.82) is 0 Å². The van der Waals surface area contributed by atoms with Crippen LogP contribution >= 0.6 is 0 Å². The van der Waals surface area contributed by atoms with Crippen molar-refractivity contribution in [3.05, 3.63) is 24.3 Å². The van der Waals surface area contributed by atoms with Crippen LogP contribution in [0.4, 0.5) is 5.69 Å². The first-order valence-electron chi connectivity index (χ1n) is 3.72. The Morgan fingerprint density at radius 2 is 1.80 bits per heavy atom. The number of anilines is 1. The molecule has 0 fully saturated rings. The normalized spacial score (nSPS) is 10.2. The van der Waals surface area contributed by atoms with E-state index in [4.69, 9.17) is 5.73 Å². The number of hydrogen-bond donors (Lipinski definition) is 1. The summed E-state index contributed by atoms with van der Waals surface area (Å²) in [5.74, 6) is -0.873. The minimum atomic E-state index is -3.98. The molecule has 15 heavy (non-hydrogen) atoms. The zero-order chi connectivity index (χ0) is 10.8. The summed E-state index contributed by atoms with van der Waals surface area (Å²) in [6.45, 7) is 1.02. The zero-order valence-electron chi connectivity index (χ0n) is 9.43. The van der Waals surface area contributed by atoms with Crippen LogP contribution in [0.15, 0.2) is 29.2 Å². The molecule has 0 aliphatic heterocycles. The second-order valence-electron chi connectivity index (χ2n) is 2.60. The first-order valence-corrected chi connectivity index (χ1v) is 5.13. The maximum Gasteiger partial charge on any atom is 1.00 e. The zero-order valence-corrected chi connectivity index (χ0v) is 12.4. The maximum absolute atomic E-state index is 11.3. The van der Waals surface area contributed by atoms with Crippen LogP contribution in [0.2, 0.25) is 0 Å². The molecule has 0 spiro atoms. The van der Waals surface area contributed by atoms with E-state index in [0.29, 0.717) is 5.69 Å². The van der Waals surface area contributed by atoms with Gasteiger partial charge < -0.3 is 11.3 Å². The van der Waals surface area contributed by atoms with Gasteiger partial charge in [0.05, 0.1) is 0 Å². The van der Waals surface area contributed by atoms with Crippen LogP contribution in [0.5, 0.6) is 0 Å². The van der Waals surface area contributed by atoms with Crippen molar-refractivity contribution in [2.45, 2.75) is 11.8 Å². The molecule has 0 radical (unpaired) electrons. The van der Waals surface area contributed by atoms with Crippen molar-refractivity contribution in [3.63, 3.8) is 0 Å². The summed E-state index contributed by atoms with van der Waals surface area (Å²) in [4.78, 5) is 10.4. The van der Waals surface area contributed by atoms with Crippen LogP contribution in [0, 0.1) is 0 Å². The largest absolute Gasteiger partial charge is 1.00 e. The number of carbonyl (C=O) groups is 1. The molecule has 0 aliphatic rings. The van der Waals surface area contributed by atoms with E-state index in [9.17, 15) is 13.2 Å². The Kier molecular flexibility index (Phi) is 6.00. The van der Waals surface area contributed by atoms with Gasteiger partial charge in [0, 0.05) is 12.6 Å². The van der Waals surface area contributed by atoms with E-state index < -0.39 is 16.1 Å². The molecule has 5 nitrogen and oxygen atoms in total. The molecule has 0 aliphatic carbocycles. The third-order valence-electron chi connectivity index (χ3n) is 1.40. The van der Waals surface area contributed by atoms with Gasteiger partial charge in [-0.3, -0.25) is 4.79 Å². The molecular formula is C8H10KNO4S. The monoisotopic (exact) mass is 255 g/mol. The molecular weight excluding hydrogens is 245 g/mol. The summed E-state index contributed by atoms with van der Waals surface area (Å²) in [5, 5.41) is 0. The van der Waals surface area contributed by atoms with Crippen molar-refractivity contribution < 1.29 is 70.2 Å². The third-order valence-corrected chi connectivity index (χ3v) is 2.70. The van der Waals surface area contributed by atoms with E-state index in [1.165, 1.54) is 24.3 Å². The van der Waals surface area contributed by atoms with Gasteiger partial charge in [-0.1, -0.05) is 0 Å². The van der Waals surface area contributed by atoms with E-state index in [1.54, 1.807) is 0 Å². The van der Waals surface area contributed by atoms with Crippen molar-refractivity contribution in [2.75, 3.05) is 5.73 Å². The van der Waals surface area contributed by atoms with E-state index in [-0.39, 0.29) is 57.7 Å². The number of nitrogens with two attached hydrogens (primary N) is 1. The molecule has 0 unspecified atom stereocenters. The number of benzene rings is 1. The molecule has 1 aromatic carbocycles. The fraction of sp³-hybridized carbons (Fsp3) is 0.125. The quantitative estimate of drug-likeness (QED) is 0.363. The fourth-order valence-electron chi connectivity index (χ4n) is 0.837. The predicted octanol–water partition coefficient (Wildman–Crippen LogP) is -2.36. The molecule has 0 saturated heterocycles. The second-order valence-corrected chi connectivity index (χ2v) is 4.14. The van der Waals surface area contributed by atoms with Gasteiger partial charge >= 0.3 is 67.5 Å². The summed E-state index contributed by atoms with van der Waals surface area (Å²) in [5.41, 5.74) is 5.81. The van der Waals surface area contributed by atoms with E-state index in [0.717, 1.165) is 6.92 Å². The van der Waals surface area contributed by atoms with Crippen molar-refractivity contribution in [2.24, 2.45) is 0 Å². The number of hydrogen-bond acceptors (Lipinski definition) is 5. The van der Waals surface area contributed by atoms with Gasteiger partial charge in [0.2, 0.25) is 0 Å². The number of nitrogen functional groups attached to an aromatic ring is 1. The van der Waals surface area contributed by atoms with Gasteiger partial charge in [0.25, 0.3) is 0 Å². The Morgan fingerprint density at radius 1 is 1.33 bits per heavy atom. The van der Waals surface area contributed by atoms with Gasteiger partial charge in [-0.25, -0.2) is 0 Å². The molecule has 2 N–H and O–H groups in total. The SMILES string of the molecule is CC(=O)OS(=O)(=O)c1ccc(N)cc1.[H-].[K+]. The Bertz CT molecular complexity index is 446. The summed E-state index contributed by atoms with van der Waals surface area (Å²) >= 11 is 0. The molecule has 7 heteroatoms. The molecule has 0 atom stereocenters. The number of rotatable bonds is 2. The van der Waals surface area contributed by atoms with Crippen LogP contribution in [-0.2, 0) is 19.1 Å². The summed E-state index contributed by atoms with van der Waals surface area (Å²) < 4.78 is 26.7. The summed E-state index contributed by atoms with van der Waals surface area (Å²) in [6.07, 6.45) is 0. The molecule has 0 amide bonds. The van der Waals surface area contributed by atoms with Crippen molar-refractivity contribution in [3.8, 4) is 0 Å². The Hall–Kier alpha value is 0.0764. The molecule has 0 heterocycles. The van der Waals surface area contributed by atoms with Gasteiger partial charge in [-0.2, -0.15) is 8.42 Å². The number of carbonyl (C=O) groups excluding carboxylic acids is 1. The summed E-state index contributed by atoms with van der Waals surface area (Å²) in [7, 11) is -3.98. The topological polar surface area (TPSA) is 86.5 Å². The van der Waals surface area contributed by atoms with Gasteiger partial charge in [-0.05, 0) is 24.3 Å². The van der Waals surface area contributed by atoms with Gasteiger partial charge in [0.15, 0.2) is 0 Å². The minimum absolute atomic E-state index is 0. The van der Waals surface area contributed by atoms with Crippen molar-refractivity contribution >= 4 is 21.8 Å².